The van der Waals surface area contributed by atoms with Crippen molar-refractivity contribution in [1.29, 1.82) is 0 Å². The van der Waals surface area contributed by atoms with Crippen LogP contribution in [0.25, 0.3) is 15.7 Å². The fourth-order valence-corrected chi connectivity index (χ4v) is 6.69. The Bertz CT molecular complexity index is 1790. The molecule has 0 radical (unpaired) electrons. The molecule has 2 aromatic carbocycles. The van der Waals surface area contributed by atoms with Gasteiger partial charge in [0.15, 0.2) is 17.4 Å². The molecule has 3 N–H and O–H groups in total. The summed E-state index contributed by atoms with van der Waals surface area (Å²) < 4.78 is 42.3. The summed E-state index contributed by atoms with van der Waals surface area (Å²) in [6.45, 7) is 17.0. The van der Waals surface area contributed by atoms with Gasteiger partial charge in [0, 0.05) is 36.0 Å². The van der Waals surface area contributed by atoms with Crippen molar-refractivity contribution in [2.24, 2.45) is 17.3 Å². The van der Waals surface area contributed by atoms with Crippen LogP contribution in [-0.4, -0.2) is 52.1 Å². The molecule has 2 aliphatic rings. The van der Waals surface area contributed by atoms with Crippen molar-refractivity contribution in [3.63, 3.8) is 0 Å². The second kappa shape index (κ2) is 11.9. The second-order valence-electron chi connectivity index (χ2n) is 13.8. The molecule has 3 heterocycles. The average molecular weight is 636 g/mol. The number of nitrogens with zero attached hydrogens (tertiary/aromatic N) is 2. The highest BCUT2D eigenvalue weighted by Gasteiger charge is 2.59. The maximum Gasteiger partial charge on any atom is 0.302 e. The third-order valence-electron chi connectivity index (χ3n) is 8.85. The highest BCUT2D eigenvalue weighted by molar-refractivity contribution is 6.07. The van der Waals surface area contributed by atoms with Gasteiger partial charge in [-0.3, -0.25) is 28.9 Å². The summed E-state index contributed by atoms with van der Waals surface area (Å²) in [5.41, 5.74) is -0.873. The van der Waals surface area contributed by atoms with Gasteiger partial charge in [-0.15, -0.1) is 0 Å². The lowest BCUT2D eigenvalue weighted by atomic mass is 9.79. The molecule has 46 heavy (non-hydrogen) atoms. The van der Waals surface area contributed by atoms with Crippen LogP contribution in [0.2, 0.25) is 0 Å². The third kappa shape index (κ3) is 5.86. The van der Waals surface area contributed by atoms with Crippen LogP contribution in [-0.2, 0) is 19.8 Å². The molecule has 0 unspecified atom stereocenters. The highest BCUT2D eigenvalue weighted by atomic mass is 19.2. The summed E-state index contributed by atoms with van der Waals surface area (Å²) in [5, 5.41) is 5.17. The number of aromatic nitrogens is 1. The number of H-pyrrole nitrogens is 1. The van der Waals surface area contributed by atoms with Crippen LogP contribution in [0.15, 0.2) is 36.4 Å². The number of aromatic amines is 1. The van der Waals surface area contributed by atoms with Gasteiger partial charge in [-0.2, -0.15) is 0 Å². The number of fused-ring (bicyclic) bond motifs is 3. The Balaban J connectivity index is 1.39. The number of amides is 3. The minimum atomic E-state index is -1.41. The van der Waals surface area contributed by atoms with Crippen LogP contribution < -0.4 is 10.6 Å². The smallest absolute Gasteiger partial charge is 0.302 e. The van der Waals surface area contributed by atoms with Gasteiger partial charge in [0.1, 0.15) is 16.9 Å². The number of carbonyl (C=O) groups is 4. The van der Waals surface area contributed by atoms with Crippen molar-refractivity contribution < 1.29 is 32.3 Å². The van der Waals surface area contributed by atoms with Gasteiger partial charge < -0.3 is 15.6 Å². The molecular formula is C34H36F3N5O4. The van der Waals surface area contributed by atoms with E-state index in [4.69, 9.17) is 6.57 Å². The van der Waals surface area contributed by atoms with Crippen molar-refractivity contribution >= 4 is 40.1 Å². The van der Waals surface area contributed by atoms with Crippen molar-refractivity contribution in [1.82, 2.24) is 15.2 Å². The Kier molecular flexibility index (Phi) is 8.49. The zero-order valence-electron chi connectivity index (χ0n) is 26.3. The number of para-hydroxylation sites is 1. The number of likely N-dealkylation sites (tertiary alicyclic amines) is 1. The van der Waals surface area contributed by atoms with Crippen LogP contribution in [0.4, 0.5) is 18.9 Å². The lowest BCUT2D eigenvalue weighted by Gasteiger charge is -2.30. The number of halogens is 3. The predicted octanol–water partition coefficient (Wildman–Crippen LogP) is 5.72. The number of Topliss-reactive ketones (excluding diaryl/α,β-unsaturated/α-hetero) is 1. The molecule has 12 heteroatoms. The molecular weight excluding hydrogens is 599 g/mol. The van der Waals surface area contributed by atoms with Gasteiger partial charge in [0.25, 0.3) is 5.91 Å². The van der Waals surface area contributed by atoms with Crippen LogP contribution in [0, 0.1) is 41.3 Å². The summed E-state index contributed by atoms with van der Waals surface area (Å²) in [6, 6.07) is 7.56. The largest absolute Gasteiger partial charge is 0.348 e. The van der Waals surface area contributed by atoms with Gasteiger partial charge in [-0.05, 0) is 35.4 Å². The Morgan fingerprint density at radius 2 is 1.83 bits per heavy atom. The summed E-state index contributed by atoms with van der Waals surface area (Å²) in [5.74, 6) is -7.06. The number of ketones is 1. The van der Waals surface area contributed by atoms with Crippen LogP contribution in [0.3, 0.4) is 0 Å². The molecule has 5 rings (SSSR count). The van der Waals surface area contributed by atoms with E-state index in [2.05, 4.69) is 20.5 Å². The Labute approximate surface area is 264 Å². The molecule has 242 valence electrons. The van der Waals surface area contributed by atoms with Gasteiger partial charge in [0.2, 0.25) is 11.8 Å². The van der Waals surface area contributed by atoms with E-state index in [1.165, 1.54) is 4.90 Å². The topological polar surface area (TPSA) is 116 Å². The van der Waals surface area contributed by atoms with E-state index in [-0.39, 0.29) is 36.4 Å². The Morgan fingerprint density at radius 3 is 2.48 bits per heavy atom. The quantitative estimate of drug-likeness (QED) is 0.217. The van der Waals surface area contributed by atoms with Crippen LogP contribution in [0.5, 0.6) is 0 Å². The standard InChI is InChI=1S/C34H36F3N5O4/c1-17(2)28(41-30(44)24-12-19-21(35)13-22(36)27(37)29(19)39-24)25(43)11-18(14-33(3,4)5)31(45)42-16-34(15-26(42)38-6)20-9-7-8-10-23(20)40-32(34)46/h7-10,12-13,17-18,26,28,39H,11,14-16H2,1-5H3,(H,40,46)(H,41,44)/t18-,26-,28-,34-/m0/s1. The Morgan fingerprint density at radius 1 is 1.13 bits per heavy atom. The first-order chi connectivity index (χ1) is 21.6. The average Bonchev–Trinajstić information content (AvgIpc) is 3.68. The maximum atomic E-state index is 14.3. The lowest BCUT2D eigenvalue weighted by Crippen LogP contribution is -2.47. The van der Waals surface area contributed by atoms with E-state index in [1.807, 2.05) is 26.8 Å². The van der Waals surface area contributed by atoms with Crippen molar-refractivity contribution in [2.45, 2.75) is 71.5 Å². The predicted molar refractivity (Wildman–Crippen MR) is 165 cm³/mol. The Hall–Kier alpha value is -4.66. The lowest BCUT2D eigenvalue weighted by molar-refractivity contribution is -0.140. The van der Waals surface area contributed by atoms with E-state index >= 15 is 0 Å². The van der Waals surface area contributed by atoms with Gasteiger partial charge in [-0.25, -0.2) is 19.7 Å². The minimum absolute atomic E-state index is 0.00496. The van der Waals surface area contributed by atoms with Crippen molar-refractivity contribution in [2.75, 3.05) is 11.9 Å². The molecule has 2 aliphatic heterocycles. The first-order valence-electron chi connectivity index (χ1n) is 15.1. The van der Waals surface area contributed by atoms with Crippen LogP contribution >= 0.6 is 0 Å². The molecule has 4 atom stereocenters. The van der Waals surface area contributed by atoms with E-state index in [0.29, 0.717) is 18.2 Å². The highest BCUT2D eigenvalue weighted by Crippen LogP contribution is 2.47. The van der Waals surface area contributed by atoms with Gasteiger partial charge in [0.05, 0.1) is 18.0 Å². The zero-order chi connectivity index (χ0) is 33.7. The fourth-order valence-electron chi connectivity index (χ4n) is 6.69. The summed E-state index contributed by atoms with van der Waals surface area (Å²) in [6.07, 6.45) is -0.742. The fraction of sp³-hybridized carbons (Fsp3) is 0.441. The maximum absolute atomic E-state index is 14.3. The van der Waals surface area contributed by atoms with E-state index < -0.39 is 75.4 Å². The third-order valence-corrected chi connectivity index (χ3v) is 8.85. The minimum Gasteiger partial charge on any atom is -0.348 e. The molecule has 3 amide bonds. The first-order valence-corrected chi connectivity index (χ1v) is 15.1. The number of hydrogen-bond acceptors (Lipinski definition) is 4. The monoisotopic (exact) mass is 635 g/mol. The molecule has 9 nitrogen and oxygen atoms in total. The van der Waals surface area contributed by atoms with Crippen molar-refractivity contribution in [3.8, 4) is 0 Å². The van der Waals surface area contributed by atoms with E-state index in [1.54, 1.807) is 32.0 Å². The SMILES string of the molecule is [C-]#[N+][C@@H]1C[C@@]2(CN1C(=O)[C@@H](CC(=O)[C@@H](NC(=O)c1cc3c(F)cc(F)c(F)c3[nH]1)C(C)C)CC(C)(C)C)C(=O)Nc1ccccc12. The molecule has 0 saturated carbocycles. The first kappa shape index (κ1) is 32.7. The molecule has 1 aromatic heterocycles. The van der Waals surface area contributed by atoms with Crippen molar-refractivity contribution in [3.05, 3.63) is 76.5 Å². The number of benzene rings is 2. The number of hydrogen-bond donors (Lipinski definition) is 3. The number of rotatable bonds is 8. The zero-order valence-corrected chi connectivity index (χ0v) is 26.3. The molecule has 0 bridgehead atoms. The molecule has 1 spiro atoms. The molecule has 1 saturated heterocycles. The van der Waals surface area contributed by atoms with E-state index in [0.717, 1.165) is 11.6 Å². The van der Waals surface area contributed by atoms with Gasteiger partial charge in [-0.1, -0.05) is 52.8 Å². The number of carbonyl (C=O) groups excluding carboxylic acids is 4. The number of anilines is 1. The summed E-state index contributed by atoms with van der Waals surface area (Å²) in [4.78, 5) is 62.0. The molecule has 1 fully saturated rings. The molecule has 0 aliphatic carbocycles. The second-order valence-corrected chi connectivity index (χ2v) is 13.8. The summed E-state index contributed by atoms with van der Waals surface area (Å²) >= 11 is 0. The normalized spacial score (nSPS) is 20.5. The molecule has 3 aromatic rings. The number of nitrogens with one attached hydrogen (secondary N) is 3. The van der Waals surface area contributed by atoms with Gasteiger partial charge >= 0.3 is 6.17 Å². The summed E-state index contributed by atoms with van der Waals surface area (Å²) in [7, 11) is 0. The van der Waals surface area contributed by atoms with Crippen LogP contribution in [0.1, 0.15) is 69.9 Å². The van der Waals surface area contributed by atoms with E-state index in [9.17, 15) is 32.3 Å².